The predicted octanol–water partition coefficient (Wildman–Crippen LogP) is 5.47. The van der Waals surface area contributed by atoms with Gasteiger partial charge in [0.05, 0.1) is 18.4 Å². The van der Waals surface area contributed by atoms with Crippen LogP contribution in [0.4, 0.5) is 0 Å². The highest BCUT2D eigenvalue weighted by molar-refractivity contribution is 5.82. The number of Topliss-reactive ketones (excluding diaryl/α,β-unsaturated/α-hetero) is 1. The molecule has 0 aromatic carbocycles. The number of ketones is 1. The topological polar surface area (TPSA) is 45.8 Å². The number of hydrogen-bond donors (Lipinski definition) is 1. The number of aromatic amines is 1. The van der Waals surface area contributed by atoms with Gasteiger partial charge in [0, 0.05) is 12.1 Å². The number of rotatable bonds is 14. The predicted molar refractivity (Wildman–Crippen MR) is 92.9 cm³/mol. The first kappa shape index (κ1) is 18.9. The second kappa shape index (κ2) is 12.4. The first-order valence-corrected chi connectivity index (χ1v) is 9.28. The number of imidazole rings is 1. The molecule has 0 aliphatic rings. The Morgan fingerprint density at radius 1 is 1.00 bits per heavy atom. The lowest BCUT2D eigenvalue weighted by molar-refractivity contribution is -0.122. The van der Waals surface area contributed by atoms with Crippen LogP contribution in [-0.2, 0) is 11.2 Å². The Hall–Kier alpha value is -1.12. The van der Waals surface area contributed by atoms with Crippen molar-refractivity contribution in [3.8, 4) is 0 Å². The van der Waals surface area contributed by atoms with Crippen LogP contribution in [0.3, 0.4) is 0 Å². The molecule has 22 heavy (non-hydrogen) atoms. The highest BCUT2D eigenvalue weighted by Crippen LogP contribution is 2.20. The molecule has 1 heterocycles. The zero-order valence-corrected chi connectivity index (χ0v) is 14.6. The van der Waals surface area contributed by atoms with Crippen molar-refractivity contribution in [3.63, 3.8) is 0 Å². The van der Waals surface area contributed by atoms with Crippen LogP contribution in [-0.4, -0.2) is 15.8 Å². The largest absolute Gasteiger partial charge is 0.351 e. The standard InChI is InChI=1S/C19H34N2O/c1-3-5-7-8-9-11-13-17(12-10-6-4-2)19(22)14-18-15-20-16-21-18/h15-17H,3-14H2,1-2H3,(H,20,21). The van der Waals surface area contributed by atoms with Gasteiger partial charge in [-0.2, -0.15) is 0 Å². The Balaban J connectivity index is 2.32. The van der Waals surface area contributed by atoms with Gasteiger partial charge < -0.3 is 4.98 Å². The summed E-state index contributed by atoms with van der Waals surface area (Å²) in [6.45, 7) is 4.46. The zero-order valence-electron chi connectivity index (χ0n) is 14.6. The van der Waals surface area contributed by atoms with Crippen LogP contribution >= 0.6 is 0 Å². The molecule has 0 amide bonds. The van der Waals surface area contributed by atoms with Crippen LogP contribution in [0.25, 0.3) is 0 Å². The van der Waals surface area contributed by atoms with E-state index in [0.717, 1.165) is 18.5 Å². The van der Waals surface area contributed by atoms with E-state index in [9.17, 15) is 4.79 Å². The van der Waals surface area contributed by atoms with Gasteiger partial charge in [-0.3, -0.25) is 4.79 Å². The van der Waals surface area contributed by atoms with Crippen molar-refractivity contribution >= 4 is 5.78 Å². The number of nitrogens with one attached hydrogen (secondary N) is 1. The molecule has 1 atom stereocenters. The lowest BCUT2D eigenvalue weighted by Gasteiger charge is -2.15. The highest BCUT2D eigenvalue weighted by Gasteiger charge is 2.18. The number of unbranched alkanes of at least 4 members (excludes halogenated alkanes) is 7. The summed E-state index contributed by atoms with van der Waals surface area (Å²) in [6.07, 6.45) is 17.5. The van der Waals surface area contributed by atoms with Gasteiger partial charge in [-0.25, -0.2) is 4.98 Å². The third-order valence-electron chi connectivity index (χ3n) is 4.43. The second-order valence-corrected chi connectivity index (χ2v) is 6.45. The molecule has 0 bridgehead atoms. The maximum Gasteiger partial charge on any atom is 0.141 e. The summed E-state index contributed by atoms with van der Waals surface area (Å²) >= 11 is 0. The van der Waals surface area contributed by atoms with E-state index in [1.807, 2.05) is 6.20 Å². The number of aromatic nitrogens is 2. The Bertz CT molecular complexity index is 373. The Morgan fingerprint density at radius 2 is 1.59 bits per heavy atom. The summed E-state index contributed by atoms with van der Waals surface area (Å²) in [5.41, 5.74) is 0.883. The van der Waals surface area contributed by atoms with Crippen molar-refractivity contribution in [3.05, 3.63) is 18.2 Å². The third-order valence-corrected chi connectivity index (χ3v) is 4.43. The minimum atomic E-state index is 0.245. The molecule has 1 aromatic heterocycles. The van der Waals surface area contributed by atoms with Crippen LogP contribution in [0.2, 0.25) is 0 Å². The molecule has 1 rings (SSSR count). The normalized spacial score (nSPS) is 12.5. The lowest BCUT2D eigenvalue weighted by atomic mass is 9.89. The average Bonchev–Trinajstić information content (AvgIpc) is 3.01. The summed E-state index contributed by atoms with van der Waals surface area (Å²) < 4.78 is 0. The minimum Gasteiger partial charge on any atom is -0.351 e. The molecule has 0 saturated carbocycles. The summed E-state index contributed by atoms with van der Waals surface area (Å²) in [5, 5.41) is 0. The molecular formula is C19H34N2O. The van der Waals surface area contributed by atoms with E-state index >= 15 is 0 Å². The molecular weight excluding hydrogens is 272 g/mol. The van der Waals surface area contributed by atoms with Crippen molar-refractivity contribution in [1.29, 1.82) is 0 Å². The zero-order chi connectivity index (χ0) is 16.0. The van der Waals surface area contributed by atoms with Gasteiger partial charge in [-0.1, -0.05) is 71.6 Å². The minimum absolute atomic E-state index is 0.245. The quantitative estimate of drug-likeness (QED) is 0.463. The van der Waals surface area contributed by atoms with Crippen molar-refractivity contribution in [2.75, 3.05) is 0 Å². The molecule has 1 N–H and O–H groups in total. The molecule has 0 saturated heterocycles. The molecule has 0 aliphatic carbocycles. The smallest absolute Gasteiger partial charge is 0.141 e. The Kier molecular flexibility index (Phi) is 10.7. The lowest BCUT2D eigenvalue weighted by Crippen LogP contribution is -2.17. The molecule has 126 valence electrons. The maximum atomic E-state index is 12.5. The maximum absolute atomic E-state index is 12.5. The Morgan fingerprint density at radius 3 is 2.23 bits per heavy atom. The average molecular weight is 306 g/mol. The number of nitrogens with zero attached hydrogens (tertiary/aromatic N) is 1. The summed E-state index contributed by atoms with van der Waals surface area (Å²) in [6, 6.07) is 0. The van der Waals surface area contributed by atoms with E-state index in [-0.39, 0.29) is 5.92 Å². The monoisotopic (exact) mass is 306 g/mol. The fourth-order valence-corrected chi connectivity index (χ4v) is 2.99. The van der Waals surface area contributed by atoms with Crippen LogP contribution in [0.15, 0.2) is 12.5 Å². The molecule has 1 aromatic rings. The van der Waals surface area contributed by atoms with E-state index in [0.29, 0.717) is 12.2 Å². The van der Waals surface area contributed by atoms with Gasteiger partial charge in [-0.15, -0.1) is 0 Å². The van der Waals surface area contributed by atoms with Gasteiger partial charge in [0.2, 0.25) is 0 Å². The summed E-state index contributed by atoms with van der Waals surface area (Å²) in [5.74, 6) is 0.631. The van der Waals surface area contributed by atoms with Crippen molar-refractivity contribution in [1.82, 2.24) is 9.97 Å². The van der Waals surface area contributed by atoms with Crippen LogP contribution < -0.4 is 0 Å². The molecule has 0 aliphatic heterocycles. The number of H-pyrrole nitrogens is 1. The van der Waals surface area contributed by atoms with Gasteiger partial charge in [0.15, 0.2) is 0 Å². The van der Waals surface area contributed by atoms with Crippen molar-refractivity contribution < 1.29 is 4.79 Å². The van der Waals surface area contributed by atoms with Gasteiger partial charge >= 0.3 is 0 Å². The molecule has 0 fully saturated rings. The first-order valence-electron chi connectivity index (χ1n) is 9.28. The van der Waals surface area contributed by atoms with E-state index in [2.05, 4.69) is 23.8 Å². The van der Waals surface area contributed by atoms with E-state index < -0.39 is 0 Å². The number of hydrogen-bond acceptors (Lipinski definition) is 2. The third kappa shape index (κ3) is 8.35. The van der Waals surface area contributed by atoms with Crippen LogP contribution in [0.5, 0.6) is 0 Å². The fraction of sp³-hybridized carbons (Fsp3) is 0.789. The van der Waals surface area contributed by atoms with E-state index in [1.54, 1.807) is 6.33 Å². The summed E-state index contributed by atoms with van der Waals surface area (Å²) in [4.78, 5) is 19.6. The number of carbonyl (C=O) groups excluding carboxylic acids is 1. The number of carbonyl (C=O) groups is 1. The molecule has 0 spiro atoms. The van der Waals surface area contributed by atoms with E-state index in [1.165, 1.54) is 57.8 Å². The van der Waals surface area contributed by atoms with Crippen LogP contribution in [0.1, 0.15) is 90.2 Å². The van der Waals surface area contributed by atoms with Gasteiger partial charge in [0.1, 0.15) is 5.78 Å². The molecule has 3 nitrogen and oxygen atoms in total. The first-order chi connectivity index (χ1) is 10.8. The SMILES string of the molecule is CCCCCCCCC(CCCCC)C(=O)Cc1c[nH]cn1. The van der Waals surface area contributed by atoms with Gasteiger partial charge in [-0.05, 0) is 12.8 Å². The van der Waals surface area contributed by atoms with Crippen LogP contribution in [0, 0.1) is 5.92 Å². The van der Waals surface area contributed by atoms with Crippen molar-refractivity contribution in [2.45, 2.75) is 90.9 Å². The second-order valence-electron chi connectivity index (χ2n) is 6.45. The van der Waals surface area contributed by atoms with E-state index in [4.69, 9.17) is 0 Å². The highest BCUT2D eigenvalue weighted by atomic mass is 16.1. The van der Waals surface area contributed by atoms with Crippen molar-refractivity contribution in [2.24, 2.45) is 5.92 Å². The molecule has 0 radical (unpaired) electrons. The Labute approximate surface area is 136 Å². The summed E-state index contributed by atoms with van der Waals surface area (Å²) in [7, 11) is 0. The molecule has 1 unspecified atom stereocenters. The molecule has 3 heteroatoms. The fourth-order valence-electron chi connectivity index (χ4n) is 2.99. The van der Waals surface area contributed by atoms with Gasteiger partial charge in [0.25, 0.3) is 0 Å².